The summed E-state index contributed by atoms with van der Waals surface area (Å²) in [6.07, 6.45) is 1.83. The molecule has 0 atom stereocenters. The number of methoxy groups -OCH3 is 1. The van der Waals surface area contributed by atoms with Crippen LogP contribution in [0.5, 0.6) is 5.75 Å². The molecule has 0 spiro atoms. The highest BCUT2D eigenvalue weighted by atomic mass is 35.5. The van der Waals surface area contributed by atoms with Crippen molar-refractivity contribution in [2.45, 2.75) is 6.92 Å². The minimum Gasteiger partial charge on any atom is -0.497 e. The molecule has 2 aromatic rings. The van der Waals surface area contributed by atoms with Crippen molar-refractivity contribution in [2.75, 3.05) is 12.1 Å². The van der Waals surface area contributed by atoms with Gasteiger partial charge in [-0.25, -0.2) is 0 Å². The van der Waals surface area contributed by atoms with Gasteiger partial charge in [0.25, 0.3) is 5.91 Å². The number of rotatable bonds is 3. The second-order valence-electron chi connectivity index (χ2n) is 5.11. The molecule has 1 heterocycles. The van der Waals surface area contributed by atoms with Gasteiger partial charge in [-0.15, -0.1) is 0 Å². The van der Waals surface area contributed by atoms with Crippen LogP contribution in [0, 0.1) is 0 Å². The Morgan fingerprint density at radius 1 is 1.09 bits per heavy atom. The van der Waals surface area contributed by atoms with E-state index >= 15 is 0 Å². The van der Waals surface area contributed by atoms with Crippen LogP contribution in [0.15, 0.2) is 59.2 Å². The Hall–Kier alpha value is -2.59. The largest absolute Gasteiger partial charge is 0.497 e. The highest BCUT2D eigenvalue weighted by molar-refractivity contribution is 6.32. The van der Waals surface area contributed by atoms with Crippen LogP contribution in [0.1, 0.15) is 12.5 Å². The molecule has 0 bridgehead atoms. The molecule has 116 valence electrons. The second-order valence-corrected chi connectivity index (χ2v) is 5.55. The standard InChI is InChI=1S/C18H15ClN2O2/c1-12-17(11-13-3-9-16(23-2)10-4-13)18(22)21(20-12)15-7-5-14(19)6-8-15/h3-11H,1-2H3. The molecule has 0 aromatic heterocycles. The van der Waals surface area contributed by atoms with Gasteiger partial charge >= 0.3 is 0 Å². The predicted molar refractivity (Wildman–Crippen MR) is 93.0 cm³/mol. The molecule has 0 unspecified atom stereocenters. The summed E-state index contributed by atoms with van der Waals surface area (Å²) < 4.78 is 5.14. The summed E-state index contributed by atoms with van der Waals surface area (Å²) in [7, 11) is 1.62. The molecule has 5 heteroatoms. The zero-order chi connectivity index (χ0) is 16.4. The van der Waals surface area contributed by atoms with Crippen molar-refractivity contribution in [3.63, 3.8) is 0 Å². The normalized spacial score (nSPS) is 16.0. The van der Waals surface area contributed by atoms with E-state index in [9.17, 15) is 4.79 Å². The van der Waals surface area contributed by atoms with Crippen LogP contribution in [0.3, 0.4) is 0 Å². The second kappa shape index (κ2) is 6.26. The number of carbonyl (C=O) groups excluding carboxylic acids is 1. The summed E-state index contributed by atoms with van der Waals surface area (Å²) in [5.41, 5.74) is 2.87. The van der Waals surface area contributed by atoms with Gasteiger partial charge in [0, 0.05) is 5.02 Å². The summed E-state index contributed by atoms with van der Waals surface area (Å²) in [5.74, 6) is 0.624. The number of nitrogens with zero attached hydrogens (tertiary/aromatic N) is 2. The molecule has 0 N–H and O–H groups in total. The average Bonchev–Trinajstić information content (AvgIpc) is 2.84. The SMILES string of the molecule is COc1ccc(C=C2C(=O)N(c3ccc(Cl)cc3)N=C2C)cc1. The van der Waals surface area contributed by atoms with Crippen molar-refractivity contribution in [1.82, 2.24) is 0 Å². The van der Waals surface area contributed by atoms with Crippen LogP contribution in [0.2, 0.25) is 5.02 Å². The van der Waals surface area contributed by atoms with Gasteiger partial charge in [0.15, 0.2) is 0 Å². The number of hydrogen-bond donors (Lipinski definition) is 0. The molecule has 1 aliphatic rings. The number of benzene rings is 2. The number of ether oxygens (including phenoxy) is 1. The summed E-state index contributed by atoms with van der Waals surface area (Å²) >= 11 is 5.88. The van der Waals surface area contributed by atoms with Gasteiger partial charge in [0.2, 0.25) is 0 Å². The van der Waals surface area contributed by atoms with E-state index < -0.39 is 0 Å². The minimum absolute atomic E-state index is 0.152. The van der Waals surface area contributed by atoms with Gasteiger partial charge in [-0.1, -0.05) is 23.7 Å². The molecule has 0 radical (unpaired) electrons. The number of hydrogen-bond acceptors (Lipinski definition) is 3. The summed E-state index contributed by atoms with van der Waals surface area (Å²) in [5, 5.41) is 6.36. The van der Waals surface area contributed by atoms with Crippen LogP contribution in [-0.2, 0) is 4.79 Å². The topological polar surface area (TPSA) is 41.9 Å². The van der Waals surface area contributed by atoms with Gasteiger partial charge in [0.1, 0.15) is 5.75 Å². The van der Waals surface area contributed by atoms with E-state index in [0.29, 0.717) is 22.0 Å². The third kappa shape index (κ3) is 3.12. The third-order valence-corrected chi connectivity index (χ3v) is 3.81. The first kappa shape index (κ1) is 15.3. The van der Waals surface area contributed by atoms with Gasteiger partial charge in [-0.3, -0.25) is 4.79 Å². The fourth-order valence-corrected chi connectivity index (χ4v) is 2.43. The molecule has 1 amide bonds. The predicted octanol–water partition coefficient (Wildman–Crippen LogP) is 4.15. The maximum absolute atomic E-state index is 12.6. The van der Waals surface area contributed by atoms with E-state index in [1.165, 1.54) is 5.01 Å². The highest BCUT2D eigenvalue weighted by Gasteiger charge is 2.28. The molecule has 2 aromatic carbocycles. The number of carbonyl (C=O) groups is 1. The third-order valence-electron chi connectivity index (χ3n) is 3.56. The lowest BCUT2D eigenvalue weighted by Crippen LogP contribution is -2.21. The lowest BCUT2D eigenvalue weighted by molar-refractivity contribution is -0.114. The lowest BCUT2D eigenvalue weighted by Gasteiger charge is -2.11. The highest BCUT2D eigenvalue weighted by Crippen LogP contribution is 2.26. The number of hydrazone groups is 1. The molecule has 0 saturated carbocycles. The number of halogens is 1. The van der Waals surface area contributed by atoms with Crippen LogP contribution in [0.25, 0.3) is 6.08 Å². The fraction of sp³-hybridized carbons (Fsp3) is 0.111. The summed E-state index contributed by atoms with van der Waals surface area (Å²) in [6, 6.07) is 14.5. The average molecular weight is 327 g/mol. The quantitative estimate of drug-likeness (QED) is 0.795. The van der Waals surface area contributed by atoms with Crippen molar-refractivity contribution in [3.8, 4) is 5.75 Å². The first-order chi connectivity index (χ1) is 11.1. The Bertz CT molecular complexity index is 793. The van der Waals surface area contributed by atoms with Gasteiger partial charge in [-0.05, 0) is 55.0 Å². The van der Waals surface area contributed by atoms with E-state index in [1.807, 2.05) is 37.3 Å². The van der Waals surface area contributed by atoms with Gasteiger partial charge in [0.05, 0.1) is 24.1 Å². The van der Waals surface area contributed by atoms with E-state index in [2.05, 4.69) is 5.10 Å². The molecule has 0 aliphatic carbocycles. The Morgan fingerprint density at radius 3 is 2.35 bits per heavy atom. The molecule has 23 heavy (non-hydrogen) atoms. The fourth-order valence-electron chi connectivity index (χ4n) is 2.31. The first-order valence-corrected chi connectivity index (χ1v) is 7.47. The maximum Gasteiger partial charge on any atom is 0.280 e. The van der Waals surface area contributed by atoms with Crippen LogP contribution < -0.4 is 9.75 Å². The Morgan fingerprint density at radius 2 is 1.74 bits per heavy atom. The molecule has 3 rings (SSSR count). The molecule has 1 aliphatic heterocycles. The molecule has 0 saturated heterocycles. The van der Waals surface area contributed by atoms with E-state index in [-0.39, 0.29) is 5.91 Å². The summed E-state index contributed by atoms with van der Waals surface area (Å²) in [6.45, 7) is 1.82. The monoisotopic (exact) mass is 326 g/mol. The van der Waals surface area contributed by atoms with Crippen molar-refractivity contribution >= 4 is 35.0 Å². The lowest BCUT2D eigenvalue weighted by atomic mass is 10.1. The van der Waals surface area contributed by atoms with E-state index in [4.69, 9.17) is 16.3 Å². The molecule has 0 fully saturated rings. The van der Waals surface area contributed by atoms with Crippen LogP contribution in [-0.4, -0.2) is 18.7 Å². The number of amides is 1. The van der Waals surface area contributed by atoms with Crippen LogP contribution in [0.4, 0.5) is 5.69 Å². The summed E-state index contributed by atoms with van der Waals surface area (Å²) in [4.78, 5) is 12.6. The zero-order valence-corrected chi connectivity index (χ0v) is 13.5. The van der Waals surface area contributed by atoms with Gasteiger partial charge in [-0.2, -0.15) is 10.1 Å². The van der Waals surface area contributed by atoms with E-state index in [0.717, 1.165) is 11.3 Å². The maximum atomic E-state index is 12.6. The van der Waals surface area contributed by atoms with Crippen molar-refractivity contribution in [2.24, 2.45) is 5.10 Å². The Kier molecular flexibility index (Phi) is 4.17. The minimum atomic E-state index is -0.152. The van der Waals surface area contributed by atoms with Gasteiger partial charge < -0.3 is 4.74 Å². The van der Waals surface area contributed by atoms with Crippen molar-refractivity contribution < 1.29 is 9.53 Å². The Balaban J connectivity index is 1.89. The molecular formula is C18H15ClN2O2. The molecular weight excluding hydrogens is 312 g/mol. The zero-order valence-electron chi connectivity index (χ0n) is 12.8. The van der Waals surface area contributed by atoms with Crippen molar-refractivity contribution in [1.29, 1.82) is 0 Å². The van der Waals surface area contributed by atoms with E-state index in [1.54, 1.807) is 31.4 Å². The number of anilines is 1. The first-order valence-electron chi connectivity index (χ1n) is 7.10. The molecule has 4 nitrogen and oxygen atoms in total. The van der Waals surface area contributed by atoms with Crippen molar-refractivity contribution in [3.05, 3.63) is 64.7 Å². The smallest absolute Gasteiger partial charge is 0.280 e. The van der Waals surface area contributed by atoms with Crippen LogP contribution >= 0.6 is 11.6 Å². The Labute approximate surface area is 139 Å².